The number of aromatic nitrogens is 1. The third-order valence-electron chi connectivity index (χ3n) is 4.68. The molecule has 2 aromatic heterocycles. The Morgan fingerprint density at radius 2 is 2.19 bits per heavy atom. The Balaban J connectivity index is 1.67. The van der Waals surface area contributed by atoms with Crippen LogP contribution in [0.5, 0.6) is 0 Å². The van der Waals surface area contributed by atoms with E-state index in [1.165, 1.54) is 15.3 Å². The van der Waals surface area contributed by atoms with Crippen LogP contribution in [0.3, 0.4) is 0 Å². The minimum absolute atomic E-state index is 0.0605. The van der Waals surface area contributed by atoms with Gasteiger partial charge in [-0.25, -0.2) is 0 Å². The van der Waals surface area contributed by atoms with E-state index in [-0.39, 0.29) is 12.5 Å². The summed E-state index contributed by atoms with van der Waals surface area (Å²) in [6.45, 7) is 4.59. The molecule has 26 heavy (non-hydrogen) atoms. The predicted molar refractivity (Wildman–Crippen MR) is 102 cm³/mol. The van der Waals surface area contributed by atoms with E-state index in [0.717, 1.165) is 43.7 Å². The molecule has 1 aliphatic heterocycles. The maximum atomic E-state index is 12.5. The van der Waals surface area contributed by atoms with Crippen LogP contribution >= 0.6 is 11.3 Å². The third kappa shape index (κ3) is 4.11. The molecule has 0 bridgehead atoms. The van der Waals surface area contributed by atoms with Crippen molar-refractivity contribution in [3.63, 3.8) is 0 Å². The highest BCUT2D eigenvalue weighted by Gasteiger charge is 2.25. The van der Waals surface area contributed by atoms with Crippen LogP contribution in [0.15, 0.2) is 23.7 Å². The molecular weight excluding hydrogens is 348 g/mol. The van der Waals surface area contributed by atoms with Gasteiger partial charge in [0.2, 0.25) is 5.91 Å². The second kappa shape index (κ2) is 7.97. The average molecular weight is 372 g/mol. The van der Waals surface area contributed by atoms with Crippen LogP contribution in [-0.2, 0) is 30.7 Å². The summed E-state index contributed by atoms with van der Waals surface area (Å²) in [5, 5.41) is 1.91. The molecule has 3 rings (SSSR count). The highest BCUT2D eigenvalue weighted by molar-refractivity contribution is 7.10. The van der Waals surface area contributed by atoms with Crippen molar-refractivity contribution in [1.82, 2.24) is 14.8 Å². The standard InChI is InChI=1S/C19H24N4O2S/c1-3-13-4-5-14(21-8-13)9-23-7-6-15-16(12-26-17(15)10-23)19(25)22(2)11-18(20)24/h4-5,8,12H,3,6-7,9-11H2,1-2H3,(H2,20,24). The first kappa shape index (κ1) is 18.5. The molecule has 0 aromatic carbocycles. The monoisotopic (exact) mass is 372 g/mol. The Kier molecular flexibility index (Phi) is 5.68. The van der Waals surface area contributed by atoms with Gasteiger partial charge in [-0.3, -0.25) is 19.5 Å². The number of fused-ring (bicyclic) bond motifs is 1. The van der Waals surface area contributed by atoms with E-state index in [4.69, 9.17) is 5.73 Å². The van der Waals surface area contributed by atoms with Crippen molar-refractivity contribution in [1.29, 1.82) is 0 Å². The van der Waals surface area contributed by atoms with E-state index in [9.17, 15) is 9.59 Å². The van der Waals surface area contributed by atoms with Gasteiger partial charge >= 0.3 is 0 Å². The van der Waals surface area contributed by atoms with Gasteiger partial charge in [0.25, 0.3) is 5.91 Å². The van der Waals surface area contributed by atoms with Gasteiger partial charge in [0.1, 0.15) is 0 Å². The normalized spacial score (nSPS) is 14.1. The Labute approximate surface area is 157 Å². The van der Waals surface area contributed by atoms with Gasteiger partial charge in [-0.15, -0.1) is 11.3 Å². The molecule has 0 atom stereocenters. The van der Waals surface area contributed by atoms with Gasteiger partial charge in [-0.2, -0.15) is 0 Å². The minimum Gasteiger partial charge on any atom is -0.368 e. The molecule has 0 radical (unpaired) electrons. The minimum atomic E-state index is -0.502. The number of likely N-dealkylation sites (N-methyl/N-ethyl adjacent to an activating group) is 1. The first-order chi connectivity index (χ1) is 12.5. The number of amides is 2. The van der Waals surface area contributed by atoms with Crippen LogP contribution in [-0.4, -0.2) is 46.7 Å². The third-order valence-corrected chi connectivity index (χ3v) is 5.69. The molecular formula is C19H24N4O2S. The lowest BCUT2D eigenvalue weighted by Crippen LogP contribution is -2.36. The van der Waals surface area contributed by atoms with Crippen molar-refractivity contribution in [3.05, 3.63) is 51.0 Å². The van der Waals surface area contributed by atoms with E-state index >= 15 is 0 Å². The lowest BCUT2D eigenvalue weighted by Gasteiger charge is -2.27. The van der Waals surface area contributed by atoms with Crippen LogP contribution in [0, 0.1) is 0 Å². The number of carbonyl (C=O) groups excluding carboxylic acids is 2. The van der Waals surface area contributed by atoms with E-state index in [2.05, 4.69) is 28.9 Å². The number of pyridine rings is 1. The fraction of sp³-hybridized carbons (Fsp3) is 0.421. The SMILES string of the molecule is CCc1ccc(CN2CCc3c(C(=O)N(C)CC(N)=O)csc3C2)nc1. The lowest BCUT2D eigenvalue weighted by atomic mass is 10.0. The molecule has 2 amide bonds. The number of hydrogen-bond acceptors (Lipinski definition) is 5. The van der Waals surface area contributed by atoms with Crippen molar-refractivity contribution in [2.24, 2.45) is 5.73 Å². The molecule has 0 fully saturated rings. The zero-order valence-electron chi connectivity index (χ0n) is 15.2. The predicted octanol–water partition coefficient (Wildman–Crippen LogP) is 1.82. The molecule has 0 spiro atoms. The van der Waals surface area contributed by atoms with E-state index in [1.54, 1.807) is 18.4 Å². The molecule has 0 saturated carbocycles. The quantitative estimate of drug-likeness (QED) is 0.839. The Bertz CT molecular complexity index is 800. The highest BCUT2D eigenvalue weighted by atomic mass is 32.1. The maximum absolute atomic E-state index is 12.5. The van der Waals surface area contributed by atoms with Crippen molar-refractivity contribution in [2.75, 3.05) is 20.1 Å². The zero-order valence-corrected chi connectivity index (χ0v) is 16.0. The second-order valence-corrected chi connectivity index (χ2v) is 7.61. The molecule has 138 valence electrons. The van der Waals surface area contributed by atoms with E-state index in [1.807, 2.05) is 11.6 Å². The largest absolute Gasteiger partial charge is 0.368 e. The number of hydrogen-bond donors (Lipinski definition) is 1. The molecule has 7 heteroatoms. The van der Waals surface area contributed by atoms with Gasteiger partial charge in [-0.1, -0.05) is 13.0 Å². The first-order valence-electron chi connectivity index (χ1n) is 8.77. The highest BCUT2D eigenvalue weighted by Crippen LogP contribution is 2.30. The Hall–Kier alpha value is -2.25. The van der Waals surface area contributed by atoms with Crippen molar-refractivity contribution in [3.8, 4) is 0 Å². The zero-order chi connectivity index (χ0) is 18.7. The maximum Gasteiger partial charge on any atom is 0.255 e. The molecule has 6 nitrogen and oxygen atoms in total. The summed E-state index contributed by atoms with van der Waals surface area (Å²) in [7, 11) is 1.61. The van der Waals surface area contributed by atoms with E-state index < -0.39 is 5.91 Å². The molecule has 2 aromatic rings. The first-order valence-corrected chi connectivity index (χ1v) is 9.65. The summed E-state index contributed by atoms with van der Waals surface area (Å²) >= 11 is 1.61. The molecule has 2 N–H and O–H groups in total. The van der Waals surface area contributed by atoms with Crippen molar-refractivity contribution in [2.45, 2.75) is 32.9 Å². The fourth-order valence-corrected chi connectivity index (χ4v) is 4.31. The fourth-order valence-electron chi connectivity index (χ4n) is 3.19. The smallest absolute Gasteiger partial charge is 0.255 e. The molecule has 3 heterocycles. The molecule has 1 aliphatic rings. The average Bonchev–Trinajstić information content (AvgIpc) is 3.04. The second-order valence-electron chi connectivity index (χ2n) is 6.65. The Morgan fingerprint density at radius 3 is 2.85 bits per heavy atom. The number of nitrogens with two attached hydrogens (primary N) is 1. The van der Waals surface area contributed by atoms with Gasteiger partial charge in [0, 0.05) is 43.1 Å². The summed E-state index contributed by atoms with van der Waals surface area (Å²) in [6.07, 6.45) is 3.77. The summed E-state index contributed by atoms with van der Waals surface area (Å²) in [5.41, 5.74) is 9.32. The summed E-state index contributed by atoms with van der Waals surface area (Å²) in [5.74, 6) is -0.635. The summed E-state index contributed by atoms with van der Waals surface area (Å²) in [4.78, 5) is 33.1. The van der Waals surface area contributed by atoms with Crippen LogP contribution in [0.1, 0.15) is 39.0 Å². The molecule has 0 unspecified atom stereocenters. The van der Waals surface area contributed by atoms with Crippen LogP contribution in [0.2, 0.25) is 0 Å². The van der Waals surface area contributed by atoms with Crippen LogP contribution in [0.4, 0.5) is 0 Å². The molecule has 0 saturated heterocycles. The van der Waals surface area contributed by atoms with Gasteiger partial charge < -0.3 is 10.6 Å². The molecule has 0 aliphatic carbocycles. The topological polar surface area (TPSA) is 79.5 Å². The van der Waals surface area contributed by atoms with Crippen molar-refractivity contribution >= 4 is 23.2 Å². The number of thiophene rings is 1. The number of nitrogens with zero attached hydrogens (tertiary/aromatic N) is 3. The summed E-state index contributed by atoms with van der Waals surface area (Å²) in [6, 6.07) is 4.23. The van der Waals surface area contributed by atoms with Crippen LogP contribution < -0.4 is 5.73 Å². The Morgan fingerprint density at radius 1 is 1.38 bits per heavy atom. The van der Waals surface area contributed by atoms with Gasteiger partial charge in [0.15, 0.2) is 0 Å². The summed E-state index contributed by atoms with van der Waals surface area (Å²) < 4.78 is 0. The number of rotatable bonds is 6. The van der Waals surface area contributed by atoms with Gasteiger partial charge in [0.05, 0.1) is 17.8 Å². The van der Waals surface area contributed by atoms with Gasteiger partial charge in [-0.05, 0) is 30.0 Å². The van der Waals surface area contributed by atoms with E-state index in [0.29, 0.717) is 5.56 Å². The number of aryl methyl sites for hydroxylation is 1. The number of carbonyl (C=O) groups is 2. The van der Waals surface area contributed by atoms with Crippen LogP contribution in [0.25, 0.3) is 0 Å². The lowest BCUT2D eigenvalue weighted by molar-refractivity contribution is -0.118. The number of primary amides is 1. The van der Waals surface area contributed by atoms with Crippen molar-refractivity contribution < 1.29 is 9.59 Å².